The van der Waals surface area contributed by atoms with Crippen molar-refractivity contribution in [3.05, 3.63) is 60.1 Å². The van der Waals surface area contributed by atoms with E-state index >= 15 is 0 Å². The number of aliphatic imine (C=N–C) groups is 1. The number of guanidine groups is 1. The van der Waals surface area contributed by atoms with E-state index in [0.29, 0.717) is 36.6 Å². The van der Waals surface area contributed by atoms with Crippen molar-refractivity contribution in [2.45, 2.75) is 45.3 Å². The molecule has 9 heteroatoms. The van der Waals surface area contributed by atoms with E-state index in [2.05, 4.69) is 74.9 Å². The number of nitrogens with one attached hydrogen (secondary N) is 3. The van der Waals surface area contributed by atoms with Crippen molar-refractivity contribution in [2.75, 3.05) is 19.6 Å². The molecule has 2 atom stereocenters. The predicted octanol–water partition coefficient (Wildman–Crippen LogP) is 3.44. The van der Waals surface area contributed by atoms with Crippen LogP contribution in [0.15, 0.2) is 58.1 Å². The van der Waals surface area contributed by atoms with Gasteiger partial charge < -0.3 is 15.1 Å². The number of aromatic nitrogens is 3. The number of aromatic amines is 1. The highest BCUT2D eigenvalue weighted by Gasteiger charge is 2.29. The molecule has 8 nitrogen and oxygen atoms in total. The summed E-state index contributed by atoms with van der Waals surface area (Å²) in [6.07, 6.45) is 3.41. The van der Waals surface area contributed by atoms with Crippen LogP contribution in [-0.2, 0) is 13.0 Å². The molecule has 1 aromatic carbocycles. The van der Waals surface area contributed by atoms with E-state index in [1.54, 1.807) is 6.26 Å². The lowest BCUT2D eigenvalue weighted by atomic mass is 10.2. The van der Waals surface area contributed by atoms with Crippen LogP contribution in [0.5, 0.6) is 0 Å². The zero-order valence-electron chi connectivity index (χ0n) is 18.6. The summed E-state index contributed by atoms with van der Waals surface area (Å²) in [4.78, 5) is 11.8. The third kappa shape index (κ3) is 6.55. The second-order valence-electron chi connectivity index (χ2n) is 7.93. The summed E-state index contributed by atoms with van der Waals surface area (Å²) in [5, 5.41) is 14.2. The van der Waals surface area contributed by atoms with Crippen molar-refractivity contribution in [3.8, 4) is 11.6 Å². The quantitative estimate of drug-likeness (QED) is 0.227. The van der Waals surface area contributed by atoms with Gasteiger partial charge in [-0.1, -0.05) is 30.3 Å². The lowest BCUT2D eigenvalue weighted by molar-refractivity contribution is 0.258. The van der Waals surface area contributed by atoms with Gasteiger partial charge in [-0.05, 0) is 38.0 Å². The van der Waals surface area contributed by atoms with Crippen molar-refractivity contribution in [1.82, 2.24) is 30.7 Å². The second-order valence-corrected chi connectivity index (χ2v) is 7.93. The van der Waals surface area contributed by atoms with Gasteiger partial charge in [0.1, 0.15) is 5.82 Å². The Hall–Kier alpha value is -2.40. The molecule has 0 radical (unpaired) electrons. The molecule has 1 aliphatic rings. The molecule has 0 amide bonds. The minimum Gasteiger partial charge on any atom is -0.461 e. The molecule has 3 aromatic rings. The number of H-pyrrole nitrogens is 1. The highest BCUT2D eigenvalue weighted by Crippen LogP contribution is 2.20. The van der Waals surface area contributed by atoms with Crippen LogP contribution in [0.4, 0.5) is 0 Å². The summed E-state index contributed by atoms with van der Waals surface area (Å²) in [6.45, 7) is 7.83. The molecule has 172 valence electrons. The molecule has 1 aliphatic heterocycles. The van der Waals surface area contributed by atoms with Crippen molar-refractivity contribution in [1.29, 1.82) is 0 Å². The molecule has 0 bridgehead atoms. The summed E-state index contributed by atoms with van der Waals surface area (Å²) in [7, 11) is 0. The van der Waals surface area contributed by atoms with Gasteiger partial charge >= 0.3 is 0 Å². The first kappa shape index (κ1) is 24.2. The van der Waals surface area contributed by atoms with Crippen LogP contribution in [-0.4, -0.2) is 57.8 Å². The molecule has 0 aliphatic carbocycles. The second kappa shape index (κ2) is 12.0. The van der Waals surface area contributed by atoms with Crippen LogP contribution in [0.3, 0.4) is 0 Å². The SMILES string of the molecule is CCNC(=NCCc1nc(-c2ccco2)n[nH]1)NC1CC(C)N(Cc2ccccc2)C1.I. The third-order valence-electron chi connectivity index (χ3n) is 5.51. The molecule has 2 unspecified atom stereocenters. The Bertz CT molecular complexity index is 958. The maximum Gasteiger partial charge on any atom is 0.216 e. The van der Waals surface area contributed by atoms with E-state index in [-0.39, 0.29) is 24.0 Å². The van der Waals surface area contributed by atoms with Crippen LogP contribution in [0, 0.1) is 0 Å². The number of benzene rings is 1. The average molecular weight is 549 g/mol. The highest BCUT2D eigenvalue weighted by atomic mass is 127. The maximum atomic E-state index is 5.34. The number of nitrogens with zero attached hydrogens (tertiary/aromatic N) is 4. The van der Waals surface area contributed by atoms with Gasteiger partial charge in [0.2, 0.25) is 5.82 Å². The third-order valence-corrected chi connectivity index (χ3v) is 5.51. The Morgan fingerprint density at radius 1 is 1.25 bits per heavy atom. The fourth-order valence-electron chi connectivity index (χ4n) is 3.95. The van der Waals surface area contributed by atoms with Crippen LogP contribution < -0.4 is 10.6 Å². The first-order valence-corrected chi connectivity index (χ1v) is 11.0. The molecular weight excluding hydrogens is 517 g/mol. The van der Waals surface area contributed by atoms with Gasteiger partial charge in [-0.25, -0.2) is 4.98 Å². The smallest absolute Gasteiger partial charge is 0.216 e. The first-order chi connectivity index (χ1) is 15.2. The van der Waals surface area contributed by atoms with Crippen molar-refractivity contribution < 1.29 is 4.42 Å². The summed E-state index contributed by atoms with van der Waals surface area (Å²) >= 11 is 0. The van der Waals surface area contributed by atoms with Gasteiger partial charge in [-0.3, -0.25) is 15.0 Å². The summed E-state index contributed by atoms with van der Waals surface area (Å²) in [6, 6.07) is 15.3. The summed E-state index contributed by atoms with van der Waals surface area (Å²) in [5.74, 6) is 2.89. The van der Waals surface area contributed by atoms with E-state index in [4.69, 9.17) is 9.41 Å². The predicted molar refractivity (Wildman–Crippen MR) is 137 cm³/mol. The lowest BCUT2D eigenvalue weighted by Crippen LogP contribution is -2.44. The highest BCUT2D eigenvalue weighted by molar-refractivity contribution is 14.0. The van der Waals surface area contributed by atoms with Gasteiger partial charge in [0.05, 0.1) is 6.26 Å². The number of hydrogen-bond acceptors (Lipinski definition) is 5. The van der Waals surface area contributed by atoms with E-state index in [0.717, 1.165) is 37.8 Å². The normalized spacial score (nSPS) is 19.0. The van der Waals surface area contributed by atoms with Crippen LogP contribution >= 0.6 is 24.0 Å². The van der Waals surface area contributed by atoms with Gasteiger partial charge in [-0.15, -0.1) is 24.0 Å². The zero-order chi connectivity index (χ0) is 21.5. The van der Waals surface area contributed by atoms with Gasteiger partial charge in [-0.2, -0.15) is 5.10 Å². The number of hydrogen-bond donors (Lipinski definition) is 3. The number of likely N-dealkylation sites (tertiary alicyclic amines) is 1. The molecule has 1 fully saturated rings. The van der Waals surface area contributed by atoms with E-state index < -0.39 is 0 Å². The minimum absolute atomic E-state index is 0. The first-order valence-electron chi connectivity index (χ1n) is 11.0. The van der Waals surface area contributed by atoms with E-state index in [1.807, 2.05) is 12.1 Å². The molecule has 32 heavy (non-hydrogen) atoms. The van der Waals surface area contributed by atoms with Crippen LogP contribution in [0.1, 0.15) is 31.7 Å². The van der Waals surface area contributed by atoms with E-state index in [1.165, 1.54) is 5.56 Å². The molecule has 0 spiro atoms. The van der Waals surface area contributed by atoms with E-state index in [9.17, 15) is 0 Å². The Labute approximate surface area is 206 Å². The van der Waals surface area contributed by atoms with Gasteiger partial charge in [0, 0.05) is 44.7 Å². The average Bonchev–Trinajstić information content (AvgIpc) is 3.51. The fraction of sp³-hybridized carbons (Fsp3) is 0.435. The summed E-state index contributed by atoms with van der Waals surface area (Å²) in [5.41, 5.74) is 1.36. The standard InChI is InChI=1S/C23H31N7O.HI/c1-3-24-23(25-12-11-21-27-22(29-28-21)20-10-7-13-31-20)26-19-14-17(2)30(16-19)15-18-8-5-4-6-9-18;/h4-10,13,17,19H,3,11-12,14-16H2,1-2H3,(H2,24,25,26)(H,27,28,29);1H. The molecular formula is C23H32IN7O. The lowest BCUT2D eigenvalue weighted by Gasteiger charge is -2.21. The number of halogens is 1. The van der Waals surface area contributed by atoms with Crippen molar-refractivity contribution >= 4 is 29.9 Å². The van der Waals surface area contributed by atoms with Crippen LogP contribution in [0.25, 0.3) is 11.6 Å². The van der Waals surface area contributed by atoms with Gasteiger partial charge in [0.25, 0.3) is 0 Å². The zero-order valence-corrected chi connectivity index (χ0v) is 21.0. The van der Waals surface area contributed by atoms with Crippen molar-refractivity contribution in [3.63, 3.8) is 0 Å². The number of furan rings is 1. The Morgan fingerprint density at radius 3 is 2.84 bits per heavy atom. The largest absolute Gasteiger partial charge is 0.461 e. The maximum absolute atomic E-state index is 5.34. The van der Waals surface area contributed by atoms with Crippen molar-refractivity contribution in [2.24, 2.45) is 4.99 Å². The Kier molecular flexibility index (Phi) is 9.10. The molecule has 3 N–H and O–H groups in total. The molecule has 0 saturated carbocycles. The molecule has 2 aromatic heterocycles. The molecule has 3 heterocycles. The minimum atomic E-state index is 0. The Morgan fingerprint density at radius 2 is 2.09 bits per heavy atom. The fourth-order valence-corrected chi connectivity index (χ4v) is 3.95. The number of rotatable bonds is 8. The molecule has 1 saturated heterocycles. The Balaban J connectivity index is 0.00000289. The molecule has 4 rings (SSSR count). The summed E-state index contributed by atoms with van der Waals surface area (Å²) < 4.78 is 5.34. The van der Waals surface area contributed by atoms with Gasteiger partial charge in [0.15, 0.2) is 11.7 Å². The monoisotopic (exact) mass is 549 g/mol. The van der Waals surface area contributed by atoms with Crippen LogP contribution in [0.2, 0.25) is 0 Å². The topological polar surface area (TPSA) is 94.4 Å².